The molecule has 0 saturated carbocycles. The first kappa shape index (κ1) is 14.4. The summed E-state index contributed by atoms with van der Waals surface area (Å²) in [5.41, 5.74) is 2.05. The molecule has 20 heavy (non-hydrogen) atoms. The van der Waals surface area contributed by atoms with Crippen molar-refractivity contribution >= 4 is 5.82 Å². The molecule has 2 aromatic heterocycles. The fourth-order valence-electron chi connectivity index (χ4n) is 2.03. The van der Waals surface area contributed by atoms with Gasteiger partial charge in [-0.15, -0.1) is 0 Å². The summed E-state index contributed by atoms with van der Waals surface area (Å²) in [6.45, 7) is 4.61. The van der Waals surface area contributed by atoms with Crippen LogP contribution in [0.4, 0.5) is 10.2 Å². The smallest absolute Gasteiger partial charge is 0.171 e. The number of anilines is 1. The summed E-state index contributed by atoms with van der Waals surface area (Å²) in [6.07, 6.45) is 1.51. The average Bonchev–Trinajstić information content (AvgIpc) is 2.45. The first-order valence-corrected chi connectivity index (χ1v) is 6.57. The van der Waals surface area contributed by atoms with Crippen molar-refractivity contribution in [2.24, 2.45) is 0 Å². The second-order valence-electron chi connectivity index (χ2n) is 4.55. The van der Waals surface area contributed by atoms with Gasteiger partial charge in [-0.25, -0.2) is 9.37 Å². The summed E-state index contributed by atoms with van der Waals surface area (Å²) in [5.74, 6) is -0.216. The van der Waals surface area contributed by atoms with Crippen molar-refractivity contribution in [1.82, 2.24) is 9.97 Å². The zero-order valence-corrected chi connectivity index (χ0v) is 11.7. The van der Waals surface area contributed by atoms with E-state index < -0.39 is 5.82 Å². The standard InChI is InChI=1S/C15H18FN3O/c1-3-19(9-13-6-4-5-11(2)18-13)15-14(16)12(10-20)7-8-17-15/h4-8,20H,3,9-10H2,1-2H3. The van der Waals surface area contributed by atoms with Crippen molar-refractivity contribution in [3.63, 3.8) is 0 Å². The Labute approximate surface area is 117 Å². The first-order chi connectivity index (χ1) is 9.65. The molecule has 5 heteroatoms. The van der Waals surface area contributed by atoms with E-state index in [9.17, 15) is 4.39 Å². The lowest BCUT2D eigenvalue weighted by Gasteiger charge is -2.22. The van der Waals surface area contributed by atoms with Gasteiger partial charge in [0.1, 0.15) is 0 Å². The fraction of sp³-hybridized carbons (Fsp3) is 0.333. The molecule has 0 aliphatic carbocycles. The van der Waals surface area contributed by atoms with Crippen LogP contribution in [0.1, 0.15) is 23.9 Å². The van der Waals surface area contributed by atoms with E-state index in [0.717, 1.165) is 11.4 Å². The number of pyridine rings is 2. The highest BCUT2D eigenvalue weighted by molar-refractivity contribution is 5.43. The van der Waals surface area contributed by atoms with Gasteiger partial charge in [0.15, 0.2) is 11.6 Å². The molecule has 0 aliphatic rings. The minimum Gasteiger partial charge on any atom is -0.392 e. The number of hydrogen-bond acceptors (Lipinski definition) is 4. The maximum atomic E-state index is 14.2. The maximum Gasteiger partial charge on any atom is 0.171 e. The molecular weight excluding hydrogens is 257 g/mol. The molecule has 0 fully saturated rings. The van der Waals surface area contributed by atoms with Gasteiger partial charge in [0.2, 0.25) is 0 Å². The van der Waals surface area contributed by atoms with Gasteiger partial charge in [-0.3, -0.25) is 4.98 Å². The number of nitrogens with zero attached hydrogens (tertiary/aromatic N) is 3. The Kier molecular flexibility index (Phi) is 4.63. The molecule has 2 aromatic rings. The highest BCUT2D eigenvalue weighted by atomic mass is 19.1. The van der Waals surface area contributed by atoms with Gasteiger partial charge in [-0.1, -0.05) is 6.07 Å². The van der Waals surface area contributed by atoms with Gasteiger partial charge < -0.3 is 10.0 Å². The number of aromatic nitrogens is 2. The molecule has 0 aliphatic heterocycles. The Balaban J connectivity index is 2.29. The summed E-state index contributed by atoms with van der Waals surface area (Å²) in [4.78, 5) is 10.3. The van der Waals surface area contributed by atoms with Crippen LogP contribution in [-0.4, -0.2) is 21.6 Å². The van der Waals surface area contributed by atoms with Crippen molar-refractivity contribution in [3.8, 4) is 0 Å². The summed E-state index contributed by atoms with van der Waals surface area (Å²) in [7, 11) is 0. The highest BCUT2D eigenvalue weighted by Crippen LogP contribution is 2.21. The van der Waals surface area contributed by atoms with E-state index in [1.54, 1.807) is 4.90 Å². The molecule has 106 valence electrons. The van der Waals surface area contributed by atoms with E-state index in [0.29, 0.717) is 13.1 Å². The summed E-state index contributed by atoms with van der Waals surface area (Å²) in [6, 6.07) is 7.24. The lowest BCUT2D eigenvalue weighted by atomic mass is 10.2. The van der Waals surface area contributed by atoms with Crippen molar-refractivity contribution < 1.29 is 9.50 Å². The third kappa shape index (κ3) is 3.11. The number of halogens is 1. The normalized spacial score (nSPS) is 10.6. The first-order valence-electron chi connectivity index (χ1n) is 6.57. The van der Waals surface area contributed by atoms with E-state index in [1.807, 2.05) is 32.0 Å². The zero-order chi connectivity index (χ0) is 14.5. The fourth-order valence-corrected chi connectivity index (χ4v) is 2.03. The molecule has 0 spiro atoms. The van der Waals surface area contributed by atoms with Crippen molar-refractivity contribution in [1.29, 1.82) is 0 Å². The summed E-state index contributed by atoms with van der Waals surface area (Å²) in [5, 5.41) is 9.12. The van der Waals surface area contributed by atoms with Crippen LogP contribution >= 0.6 is 0 Å². The third-order valence-electron chi connectivity index (χ3n) is 3.10. The molecule has 2 rings (SSSR count). The number of aryl methyl sites for hydroxylation is 1. The molecule has 0 bridgehead atoms. The van der Waals surface area contributed by atoms with Gasteiger partial charge in [0, 0.05) is 24.0 Å². The minimum absolute atomic E-state index is 0.252. The van der Waals surface area contributed by atoms with E-state index >= 15 is 0 Å². The van der Waals surface area contributed by atoms with Crippen LogP contribution in [0.5, 0.6) is 0 Å². The molecule has 0 amide bonds. The Morgan fingerprint density at radius 2 is 2.10 bits per heavy atom. The van der Waals surface area contributed by atoms with Crippen LogP contribution in [0.15, 0.2) is 30.5 Å². The molecule has 0 saturated heterocycles. The van der Waals surface area contributed by atoms with Gasteiger partial charge in [-0.2, -0.15) is 0 Å². The Morgan fingerprint density at radius 3 is 2.75 bits per heavy atom. The van der Waals surface area contributed by atoms with Gasteiger partial charge in [0.25, 0.3) is 0 Å². The molecule has 0 atom stereocenters. The summed E-state index contributed by atoms with van der Waals surface area (Å²) < 4.78 is 14.2. The predicted octanol–water partition coefficient (Wildman–Crippen LogP) is 2.44. The van der Waals surface area contributed by atoms with E-state index in [1.165, 1.54) is 12.3 Å². The van der Waals surface area contributed by atoms with Gasteiger partial charge in [-0.05, 0) is 32.0 Å². The number of aliphatic hydroxyl groups is 1. The van der Waals surface area contributed by atoms with Crippen molar-refractivity contribution in [2.45, 2.75) is 27.0 Å². The van der Waals surface area contributed by atoms with Crippen LogP contribution in [0.2, 0.25) is 0 Å². The molecule has 0 radical (unpaired) electrons. The van der Waals surface area contributed by atoms with Crippen molar-refractivity contribution in [3.05, 3.63) is 53.2 Å². The third-order valence-corrected chi connectivity index (χ3v) is 3.10. The molecule has 2 heterocycles. The Bertz CT molecular complexity index is 589. The topological polar surface area (TPSA) is 49.2 Å². The minimum atomic E-state index is -0.468. The van der Waals surface area contributed by atoms with Gasteiger partial charge >= 0.3 is 0 Å². The lowest BCUT2D eigenvalue weighted by Crippen LogP contribution is -2.25. The molecular formula is C15H18FN3O. The van der Waals surface area contributed by atoms with Crippen LogP contribution in [0.25, 0.3) is 0 Å². The van der Waals surface area contributed by atoms with Crippen LogP contribution in [-0.2, 0) is 13.2 Å². The molecule has 4 nitrogen and oxygen atoms in total. The predicted molar refractivity (Wildman–Crippen MR) is 75.8 cm³/mol. The Morgan fingerprint density at radius 1 is 1.30 bits per heavy atom. The second kappa shape index (κ2) is 6.43. The van der Waals surface area contributed by atoms with Crippen LogP contribution in [0.3, 0.4) is 0 Å². The second-order valence-corrected chi connectivity index (χ2v) is 4.55. The molecule has 0 unspecified atom stereocenters. The van der Waals surface area contributed by atoms with Crippen LogP contribution < -0.4 is 4.90 Å². The van der Waals surface area contributed by atoms with Crippen LogP contribution in [0, 0.1) is 12.7 Å². The summed E-state index contributed by atoms with van der Waals surface area (Å²) >= 11 is 0. The maximum absolute atomic E-state index is 14.2. The molecule has 1 N–H and O–H groups in total. The monoisotopic (exact) mass is 275 g/mol. The van der Waals surface area contributed by atoms with E-state index in [2.05, 4.69) is 9.97 Å². The lowest BCUT2D eigenvalue weighted by molar-refractivity contribution is 0.275. The van der Waals surface area contributed by atoms with Crippen molar-refractivity contribution in [2.75, 3.05) is 11.4 Å². The van der Waals surface area contributed by atoms with E-state index in [4.69, 9.17) is 5.11 Å². The quantitative estimate of drug-likeness (QED) is 0.910. The largest absolute Gasteiger partial charge is 0.392 e. The number of rotatable bonds is 5. The van der Waals surface area contributed by atoms with E-state index in [-0.39, 0.29) is 18.0 Å². The zero-order valence-electron chi connectivity index (χ0n) is 11.7. The highest BCUT2D eigenvalue weighted by Gasteiger charge is 2.15. The number of aliphatic hydroxyl groups excluding tert-OH is 1. The number of hydrogen-bond donors (Lipinski definition) is 1. The average molecular weight is 275 g/mol. The Hall–Kier alpha value is -2.01. The van der Waals surface area contributed by atoms with Gasteiger partial charge in [0.05, 0.1) is 18.8 Å². The SMILES string of the molecule is CCN(Cc1cccc(C)n1)c1nccc(CO)c1F. The molecule has 0 aromatic carbocycles.